The molecule has 0 amide bonds. The molecule has 2 bridgehead atoms. The maximum absolute atomic E-state index is 11.9. The molecule has 2 atom stereocenters. The third-order valence-electron chi connectivity index (χ3n) is 3.88. The molecule has 0 aromatic heterocycles. The lowest BCUT2D eigenvalue weighted by atomic mass is 10.1. The zero-order valence-electron chi connectivity index (χ0n) is 11.0. The van der Waals surface area contributed by atoms with Crippen molar-refractivity contribution in [2.75, 3.05) is 31.1 Å². The quantitative estimate of drug-likeness (QED) is 0.857. The molecule has 3 rings (SSSR count). The van der Waals surface area contributed by atoms with Gasteiger partial charge in [0.15, 0.2) is 9.84 Å². The van der Waals surface area contributed by atoms with Gasteiger partial charge in [-0.25, -0.2) is 8.42 Å². The normalized spacial score (nSPS) is 30.7. The fourth-order valence-electron chi connectivity index (χ4n) is 3.14. The molecule has 0 radical (unpaired) electrons. The molecule has 0 spiro atoms. The van der Waals surface area contributed by atoms with E-state index in [9.17, 15) is 8.42 Å². The van der Waals surface area contributed by atoms with Crippen LogP contribution in [0.3, 0.4) is 0 Å². The third kappa shape index (κ3) is 3.35. The van der Waals surface area contributed by atoms with E-state index in [-0.39, 0.29) is 17.7 Å². The molecule has 2 aliphatic heterocycles. The van der Waals surface area contributed by atoms with Gasteiger partial charge in [0, 0.05) is 32.2 Å². The maximum atomic E-state index is 11.9. The van der Waals surface area contributed by atoms with Gasteiger partial charge < -0.3 is 5.32 Å². The summed E-state index contributed by atoms with van der Waals surface area (Å²) in [5.41, 5.74) is 1.30. The summed E-state index contributed by atoms with van der Waals surface area (Å²) in [7, 11) is -2.86. The Kier molecular flexibility index (Phi) is 3.60. The molecule has 4 nitrogen and oxygen atoms in total. The number of sulfone groups is 1. The van der Waals surface area contributed by atoms with Crippen LogP contribution >= 0.6 is 0 Å². The summed E-state index contributed by atoms with van der Waals surface area (Å²) in [5, 5.41) is 3.39. The number of fused-ring (bicyclic) bond motifs is 3. The predicted octanol–water partition coefficient (Wildman–Crippen LogP) is 0.505. The Balaban J connectivity index is 1.73. The van der Waals surface area contributed by atoms with E-state index >= 15 is 0 Å². The monoisotopic (exact) mass is 280 g/mol. The largest absolute Gasteiger partial charge is 0.311 e. The topological polar surface area (TPSA) is 49.4 Å². The minimum atomic E-state index is -2.86. The van der Waals surface area contributed by atoms with Crippen LogP contribution in [0.15, 0.2) is 30.3 Å². The molecule has 2 saturated heterocycles. The van der Waals surface area contributed by atoms with E-state index in [4.69, 9.17) is 0 Å². The molecular formula is C14H20N2O2S. The molecule has 5 heteroatoms. The van der Waals surface area contributed by atoms with Crippen LogP contribution in [0.2, 0.25) is 0 Å². The Bertz CT molecular complexity index is 508. The summed E-state index contributed by atoms with van der Waals surface area (Å²) in [6.07, 6.45) is 0. The first-order chi connectivity index (χ1) is 9.11. The number of hydrogen-bond donors (Lipinski definition) is 1. The minimum Gasteiger partial charge on any atom is -0.311 e. The van der Waals surface area contributed by atoms with Crippen LogP contribution < -0.4 is 5.32 Å². The molecule has 1 N–H and O–H groups in total. The molecular weight excluding hydrogens is 260 g/mol. The lowest BCUT2D eigenvalue weighted by Gasteiger charge is -2.28. The summed E-state index contributed by atoms with van der Waals surface area (Å²) in [4.78, 5) is 2.39. The van der Waals surface area contributed by atoms with Gasteiger partial charge in [-0.3, -0.25) is 4.90 Å². The second-order valence-electron chi connectivity index (χ2n) is 5.73. The van der Waals surface area contributed by atoms with Gasteiger partial charge >= 0.3 is 0 Å². The Hall–Kier alpha value is -0.910. The van der Waals surface area contributed by atoms with Crippen molar-refractivity contribution in [3.05, 3.63) is 35.9 Å². The van der Waals surface area contributed by atoms with Crippen LogP contribution in [0.5, 0.6) is 0 Å². The smallest absolute Gasteiger partial charge is 0.152 e. The zero-order chi connectivity index (χ0) is 13.3. The minimum absolute atomic E-state index is 0.0845. The average Bonchev–Trinajstić information content (AvgIpc) is 2.59. The van der Waals surface area contributed by atoms with Gasteiger partial charge in [-0.15, -0.1) is 0 Å². The first-order valence-electron chi connectivity index (χ1n) is 6.81. The van der Waals surface area contributed by atoms with Crippen molar-refractivity contribution >= 4 is 9.84 Å². The summed E-state index contributed by atoms with van der Waals surface area (Å²) < 4.78 is 23.8. The number of rotatable bonds is 2. The van der Waals surface area contributed by atoms with E-state index in [1.54, 1.807) is 0 Å². The predicted molar refractivity (Wildman–Crippen MR) is 75.7 cm³/mol. The number of hydrogen-bond acceptors (Lipinski definition) is 4. The van der Waals surface area contributed by atoms with E-state index in [2.05, 4.69) is 34.5 Å². The van der Waals surface area contributed by atoms with Crippen molar-refractivity contribution in [1.29, 1.82) is 0 Å². The van der Waals surface area contributed by atoms with Crippen molar-refractivity contribution in [3.63, 3.8) is 0 Å². The van der Waals surface area contributed by atoms with Gasteiger partial charge in [0.2, 0.25) is 0 Å². The standard InChI is InChI=1S/C14H20N2O2S/c17-19(18)10-13-6-15-14(11-19)9-16(8-13)7-12-4-2-1-3-5-12/h1-5,13-15H,6-11H2. The van der Waals surface area contributed by atoms with Gasteiger partial charge in [-0.05, 0) is 11.5 Å². The highest BCUT2D eigenvalue weighted by molar-refractivity contribution is 7.91. The molecule has 1 aromatic carbocycles. The van der Waals surface area contributed by atoms with E-state index in [1.807, 2.05) is 6.07 Å². The van der Waals surface area contributed by atoms with E-state index < -0.39 is 9.84 Å². The fraction of sp³-hybridized carbons (Fsp3) is 0.571. The van der Waals surface area contributed by atoms with E-state index in [0.29, 0.717) is 5.75 Å². The van der Waals surface area contributed by atoms with Crippen molar-refractivity contribution < 1.29 is 8.42 Å². The van der Waals surface area contributed by atoms with Crippen LogP contribution in [0.25, 0.3) is 0 Å². The SMILES string of the molecule is O=S1(=O)CC2CNC(CN(Cc3ccccc3)C2)C1. The molecule has 0 aliphatic carbocycles. The second-order valence-corrected chi connectivity index (χ2v) is 7.88. The van der Waals surface area contributed by atoms with Crippen LogP contribution in [0.4, 0.5) is 0 Å². The zero-order valence-corrected chi connectivity index (χ0v) is 11.8. The van der Waals surface area contributed by atoms with Crippen molar-refractivity contribution in [1.82, 2.24) is 10.2 Å². The maximum Gasteiger partial charge on any atom is 0.152 e. The Labute approximate surface area is 114 Å². The molecule has 2 heterocycles. The van der Waals surface area contributed by atoms with Gasteiger partial charge in [0.1, 0.15) is 0 Å². The summed E-state index contributed by atoms with van der Waals surface area (Å²) in [6, 6.07) is 10.5. The highest BCUT2D eigenvalue weighted by Gasteiger charge is 2.33. The lowest BCUT2D eigenvalue weighted by molar-refractivity contribution is 0.241. The van der Waals surface area contributed by atoms with Crippen molar-refractivity contribution in [2.24, 2.45) is 5.92 Å². The number of nitrogens with one attached hydrogen (secondary N) is 1. The number of nitrogens with zero attached hydrogens (tertiary/aromatic N) is 1. The molecule has 2 fully saturated rings. The summed E-state index contributed by atoms with van der Waals surface area (Å²) in [6.45, 7) is 3.44. The highest BCUT2D eigenvalue weighted by atomic mass is 32.2. The Morgan fingerprint density at radius 3 is 2.74 bits per heavy atom. The molecule has 1 aromatic rings. The van der Waals surface area contributed by atoms with Gasteiger partial charge in [0.25, 0.3) is 0 Å². The van der Waals surface area contributed by atoms with Crippen molar-refractivity contribution in [3.8, 4) is 0 Å². The first-order valence-corrected chi connectivity index (χ1v) is 8.63. The van der Waals surface area contributed by atoms with E-state index in [1.165, 1.54) is 5.56 Å². The van der Waals surface area contributed by atoms with E-state index in [0.717, 1.165) is 26.2 Å². The summed E-state index contributed by atoms with van der Waals surface area (Å²) in [5.74, 6) is 0.845. The summed E-state index contributed by atoms with van der Waals surface area (Å²) >= 11 is 0. The van der Waals surface area contributed by atoms with Crippen molar-refractivity contribution in [2.45, 2.75) is 12.6 Å². The Morgan fingerprint density at radius 1 is 1.16 bits per heavy atom. The molecule has 104 valence electrons. The fourth-order valence-corrected chi connectivity index (χ4v) is 5.06. The van der Waals surface area contributed by atoms with Crippen LogP contribution in [0.1, 0.15) is 5.56 Å². The van der Waals surface area contributed by atoms with Gasteiger partial charge in [-0.2, -0.15) is 0 Å². The highest BCUT2D eigenvalue weighted by Crippen LogP contribution is 2.18. The van der Waals surface area contributed by atoms with Crippen LogP contribution in [0, 0.1) is 5.92 Å². The van der Waals surface area contributed by atoms with Crippen LogP contribution in [-0.2, 0) is 16.4 Å². The van der Waals surface area contributed by atoms with Crippen LogP contribution in [-0.4, -0.2) is 50.5 Å². The third-order valence-corrected chi connectivity index (χ3v) is 5.77. The van der Waals surface area contributed by atoms with Gasteiger partial charge in [-0.1, -0.05) is 30.3 Å². The molecule has 2 aliphatic rings. The molecule has 0 saturated carbocycles. The Morgan fingerprint density at radius 2 is 1.95 bits per heavy atom. The average molecular weight is 280 g/mol. The van der Waals surface area contributed by atoms with Gasteiger partial charge in [0.05, 0.1) is 11.5 Å². The lowest BCUT2D eigenvalue weighted by Crippen LogP contribution is -2.43. The second kappa shape index (κ2) is 5.23. The number of benzene rings is 1. The molecule has 19 heavy (non-hydrogen) atoms. The molecule has 2 unspecified atom stereocenters. The first kappa shape index (κ1) is 13.1.